The van der Waals surface area contributed by atoms with E-state index < -0.39 is 17.9 Å². The lowest BCUT2D eigenvalue weighted by Crippen LogP contribution is -2.56. The summed E-state index contributed by atoms with van der Waals surface area (Å²) in [5.41, 5.74) is 5.48. The minimum absolute atomic E-state index is 0.108. The Kier molecular flexibility index (Phi) is 10.2. The summed E-state index contributed by atoms with van der Waals surface area (Å²) in [5.74, 6) is -1.19. The third-order valence-electron chi connectivity index (χ3n) is 9.70. The van der Waals surface area contributed by atoms with E-state index in [1.165, 1.54) is 12.1 Å². The van der Waals surface area contributed by atoms with Gasteiger partial charge in [-0.2, -0.15) is 0 Å². The summed E-state index contributed by atoms with van der Waals surface area (Å²) in [6.45, 7) is 7.88. The zero-order valence-corrected chi connectivity index (χ0v) is 28.8. The van der Waals surface area contributed by atoms with Gasteiger partial charge in [-0.1, -0.05) is 31.2 Å². The molecular formula is C38H46FN7O3. The van der Waals surface area contributed by atoms with E-state index in [1.54, 1.807) is 17.0 Å². The standard InChI is InChI=1S/C38H46FN7O3/c1-25-21-28(39)12-14-34(25)44-17-19-46(20-18-44)38(49)42-35(26(2)31-23-40-32-10-6-5-9-29(31)32)36(47)41-33-22-27(24-43(3)4)11-13-30(33)37(48)45-15-7-8-16-45/h5-6,9-14,21-23,26,35,40H,7-8,15-20,24H2,1-4H3,(H,41,47)(H,42,49). The number of halogens is 1. The van der Waals surface area contributed by atoms with E-state index in [-0.39, 0.29) is 17.8 Å². The molecule has 2 unspecified atom stereocenters. The highest BCUT2D eigenvalue weighted by atomic mass is 19.1. The SMILES string of the molecule is Cc1cc(F)ccc1N1CCN(C(=O)NC(C(=O)Nc2cc(CN(C)C)ccc2C(=O)N2CCCC2)C(C)c2c[nH]c3ccccc23)CC1. The number of aromatic amines is 1. The number of likely N-dealkylation sites (tertiary alicyclic amines) is 1. The number of hydrogen-bond donors (Lipinski definition) is 3. The van der Waals surface area contributed by atoms with Crippen molar-refractivity contribution in [3.05, 3.63) is 94.9 Å². The number of fused-ring (bicyclic) bond motifs is 1. The lowest BCUT2D eigenvalue weighted by atomic mass is 9.92. The first kappa shape index (κ1) is 34.0. The summed E-state index contributed by atoms with van der Waals surface area (Å²) in [7, 11) is 3.94. The maximum absolute atomic E-state index is 14.4. The number of hydrogen-bond acceptors (Lipinski definition) is 5. The van der Waals surface area contributed by atoms with Crippen molar-refractivity contribution < 1.29 is 18.8 Å². The summed E-state index contributed by atoms with van der Waals surface area (Å²) in [6, 6.07) is 17.0. The highest BCUT2D eigenvalue weighted by Gasteiger charge is 2.33. The van der Waals surface area contributed by atoms with Crippen molar-refractivity contribution in [3.8, 4) is 0 Å². The highest BCUT2D eigenvalue weighted by Crippen LogP contribution is 2.30. The Morgan fingerprint density at radius 2 is 1.65 bits per heavy atom. The van der Waals surface area contributed by atoms with E-state index in [0.717, 1.165) is 46.1 Å². The lowest BCUT2D eigenvalue weighted by Gasteiger charge is -2.37. The second kappa shape index (κ2) is 14.7. The summed E-state index contributed by atoms with van der Waals surface area (Å²) < 4.78 is 13.7. The molecule has 0 bridgehead atoms. The molecule has 3 aromatic carbocycles. The molecular weight excluding hydrogens is 621 g/mol. The number of aromatic nitrogens is 1. The van der Waals surface area contributed by atoms with Gasteiger partial charge in [0.25, 0.3) is 5.91 Å². The van der Waals surface area contributed by atoms with Gasteiger partial charge in [0.1, 0.15) is 11.9 Å². The average molecular weight is 668 g/mol. The van der Waals surface area contributed by atoms with Crippen molar-refractivity contribution in [2.24, 2.45) is 0 Å². The number of amides is 4. The molecule has 3 heterocycles. The van der Waals surface area contributed by atoms with Gasteiger partial charge in [0, 0.05) is 74.5 Å². The van der Waals surface area contributed by atoms with Crippen molar-refractivity contribution >= 4 is 40.1 Å². The molecule has 3 N–H and O–H groups in total. The van der Waals surface area contributed by atoms with Gasteiger partial charge in [0.2, 0.25) is 5.91 Å². The molecule has 0 spiro atoms. The van der Waals surface area contributed by atoms with Crippen LogP contribution in [0.1, 0.15) is 52.7 Å². The molecule has 2 aliphatic heterocycles. The Labute approximate surface area is 287 Å². The molecule has 2 fully saturated rings. The molecule has 1 aromatic heterocycles. The van der Waals surface area contributed by atoms with Gasteiger partial charge < -0.3 is 35.2 Å². The number of carbonyl (C=O) groups is 3. The minimum atomic E-state index is -0.948. The number of H-pyrrole nitrogens is 1. The lowest BCUT2D eigenvalue weighted by molar-refractivity contribution is -0.118. The molecule has 4 amide bonds. The van der Waals surface area contributed by atoms with E-state index >= 15 is 0 Å². The number of piperazine rings is 1. The number of nitrogens with one attached hydrogen (secondary N) is 3. The van der Waals surface area contributed by atoms with Gasteiger partial charge in [-0.05, 0) is 86.9 Å². The summed E-state index contributed by atoms with van der Waals surface area (Å²) in [5, 5.41) is 7.13. The average Bonchev–Trinajstić information content (AvgIpc) is 3.78. The van der Waals surface area contributed by atoms with Crippen LogP contribution in [0, 0.1) is 12.7 Å². The summed E-state index contributed by atoms with van der Waals surface area (Å²) >= 11 is 0. The maximum atomic E-state index is 14.4. The van der Waals surface area contributed by atoms with Crippen LogP contribution in [0.15, 0.2) is 66.9 Å². The topological polar surface area (TPSA) is 104 Å². The predicted octanol–water partition coefficient (Wildman–Crippen LogP) is 5.56. The van der Waals surface area contributed by atoms with Gasteiger partial charge in [-0.15, -0.1) is 0 Å². The minimum Gasteiger partial charge on any atom is -0.368 e. The maximum Gasteiger partial charge on any atom is 0.318 e. The van der Waals surface area contributed by atoms with Gasteiger partial charge in [0.05, 0.1) is 11.3 Å². The second-order valence-corrected chi connectivity index (χ2v) is 13.5. The third-order valence-corrected chi connectivity index (χ3v) is 9.70. The van der Waals surface area contributed by atoms with Crippen LogP contribution in [0.2, 0.25) is 0 Å². The van der Waals surface area contributed by atoms with Crippen LogP contribution in [0.5, 0.6) is 0 Å². The number of benzene rings is 3. The molecule has 0 saturated carbocycles. The van der Waals surface area contributed by atoms with Crippen LogP contribution < -0.4 is 15.5 Å². The molecule has 2 aliphatic rings. The fourth-order valence-corrected chi connectivity index (χ4v) is 7.06. The van der Waals surface area contributed by atoms with E-state index in [1.807, 2.05) is 80.3 Å². The van der Waals surface area contributed by atoms with Crippen molar-refractivity contribution in [2.45, 2.75) is 45.2 Å². The first-order valence-corrected chi connectivity index (χ1v) is 17.1. The second-order valence-electron chi connectivity index (χ2n) is 13.5. The Hall–Kier alpha value is -4.90. The van der Waals surface area contributed by atoms with Crippen LogP contribution >= 0.6 is 0 Å². The number of anilines is 2. The van der Waals surface area contributed by atoms with Gasteiger partial charge >= 0.3 is 6.03 Å². The van der Waals surface area contributed by atoms with Crippen molar-refractivity contribution in [2.75, 3.05) is 63.6 Å². The largest absolute Gasteiger partial charge is 0.368 e. The Balaban J connectivity index is 1.26. The van der Waals surface area contributed by atoms with Crippen LogP contribution in [0.25, 0.3) is 10.9 Å². The third kappa shape index (κ3) is 7.57. The van der Waals surface area contributed by atoms with Crippen molar-refractivity contribution in [1.82, 2.24) is 25.0 Å². The molecule has 0 radical (unpaired) electrons. The highest BCUT2D eigenvalue weighted by molar-refractivity contribution is 6.06. The van der Waals surface area contributed by atoms with Crippen molar-refractivity contribution in [1.29, 1.82) is 0 Å². The predicted molar refractivity (Wildman–Crippen MR) is 192 cm³/mol. The number of para-hydroxylation sites is 1. The van der Waals surface area contributed by atoms with Gasteiger partial charge in [-0.3, -0.25) is 9.59 Å². The zero-order valence-electron chi connectivity index (χ0n) is 28.8. The van der Waals surface area contributed by atoms with Gasteiger partial charge in [0.15, 0.2) is 0 Å². The van der Waals surface area contributed by atoms with Gasteiger partial charge in [-0.25, -0.2) is 9.18 Å². The quantitative estimate of drug-likeness (QED) is 0.217. The molecule has 4 aromatic rings. The number of rotatable bonds is 9. The number of urea groups is 1. The molecule has 2 atom stereocenters. The zero-order chi connectivity index (χ0) is 34.7. The Morgan fingerprint density at radius 3 is 2.37 bits per heavy atom. The van der Waals surface area contributed by atoms with Crippen LogP contribution in [0.3, 0.4) is 0 Å². The fraction of sp³-hybridized carbons (Fsp3) is 0.395. The van der Waals surface area contributed by atoms with Crippen LogP contribution in [0.4, 0.5) is 20.6 Å². The number of nitrogens with zero attached hydrogens (tertiary/aromatic N) is 4. The normalized spacial score (nSPS) is 16.2. The smallest absolute Gasteiger partial charge is 0.318 e. The van der Waals surface area contributed by atoms with E-state index in [4.69, 9.17) is 0 Å². The van der Waals surface area contributed by atoms with E-state index in [2.05, 4.69) is 20.5 Å². The number of aryl methyl sites for hydroxylation is 1. The monoisotopic (exact) mass is 667 g/mol. The Morgan fingerprint density at radius 1 is 0.918 bits per heavy atom. The molecule has 10 nitrogen and oxygen atoms in total. The molecule has 11 heteroatoms. The van der Waals surface area contributed by atoms with Crippen LogP contribution in [-0.2, 0) is 11.3 Å². The van der Waals surface area contributed by atoms with E-state index in [9.17, 15) is 18.8 Å². The van der Waals surface area contributed by atoms with Crippen LogP contribution in [-0.4, -0.2) is 96.9 Å². The first-order valence-electron chi connectivity index (χ1n) is 17.1. The summed E-state index contributed by atoms with van der Waals surface area (Å²) in [6.07, 6.45) is 3.81. The van der Waals surface area contributed by atoms with Crippen molar-refractivity contribution in [3.63, 3.8) is 0 Å². The van der Waals surface area contributed by atoms with E-state index in [0.29, 0.717) is 57.1 Å². The molecule has 0 aliphatic carbocycles. The molecule has 6 rings (SSSR count). The summed E-state index contributed by atoms with van der Waals surface area (Å²) in [4.78, 5) is 52.9. The number of carbonyl (C=O) groups excluding carboxylic acids is 3. The molecule has 258 valence electrons. The molecule has 2 saturated heterocycles. The Bertz CT molecular complexity index is 1830. The first-order chi connectivity index (χ1) is 23.6. The molecule has 49 heavy (non-hydrogen) atoms. The fourth-order valence-electron chi connectivity index (χ4n) is 7.06.